The molecular weight excluding hydrogens is 339 g/mol. The molecule has 2 aromatic carbocycles. The van der Waals surface area contributed by atoms with Gasteiger partial charge in [0.1, 0.15) is 18.2 Å². The molecule has 0 radical (unpaired) electrons. The van der Waals surface area contributed by atoms with Crippen LogP contribution in [0.25, 0.3) is 0 Å². The molecular formula is C23H27FN2O. The molecule has 1 fully saturated rings. The highest BCUT2D eigenvalue weighted by Gasteiger charge is 2.46. The first-order valence-electron chi connectivity index (χ1n) is 9.68. The van der Waals surface area contributed by atoms with E-state index >= 15 is 0 Å². The van der Waals surface area contributed by atoms with Gasteiger partial charge in [-0.2, -0.15) is 5.26 Å². The zero-order valence-electron chi connectivity index (χ0n) is 15.9. The Kier molecular flexibility index (Phi) is 6.47. The first kappa shape index (κ1) is 19.4. The number of ether oxygens (including phenoxy) is 1. The number of nitriles is 1. The lowest BCUT2D eigenvalue weighted by molar-refractivity contribution is 0.230. The van der Waals surface area contributed by atoms with Gasteiger partial charge in [-0.1, -0.05) is 30.3 Å². The predicted molar refractivity (Wildman–Crippen MR) is 105 cm³/mol. The summed E-state index contributed by atoms with van der Waals surface area (Å²) < 4.78 is 18.6. The van der Waals surface area contributed by atoms with Crippen molar-refractivity contribution in [2.45, 2.75) is 31.1 Å². The zero-order valence-corrected chi connectivity index (χ0v) is 15.9. The van der Waals surface area contributed by atoms with Crippen LogP contribution in [-0.2, 0) is 5.41 Å². The van der Waals surface area contributed by atoms with Crippen LogP contribution < -0.4 is 4.74 Å². The molecule has 0 aromatic heterocycles. The van der Waals surface area contributed by atoms with Gasteiger partial charge in [-0.25, -0.2) is 4.39 Å². The van der Waals surface area contributed by atoms with Crippen molar-refractivity contribution in [1.82, 2.24) is 4.90 Å². The van der Waals surface area contributed by atoms with Gasteiger partial charge in [0.05, 0.1) is 11.5 Å². The summed E-state index contributed by atoms with van der Waals surface area (Å²) in [5, 5.41) is 9.98. The van der Waals surface area contributed by atoms with E-state index in [9.17, 15) is 9.65 Å². The summed E-state index contributed by atoms with van der Waals surface area (Å²) >= 11 is 0. The van der Waals surface area contributed by atoms with E-state index < -0.39 is 0 Å². The van der Waals surface area contributed by atoms with Gasteiger partial charge in [0.25, 0.3) is 0 Å². The second kappa shape index (κ2) is 9.01. The van der Waals surface area contributed by atoms with Crippen LogP contribution in [0.1, 0.15) is 31.2 Å². The van der Waals surface area contributed by atoms with E-state index in [1.165, 1.54) is 12.1 Å². The molecule has 1 aliphatic carbocycles. The van der Waals surface area contributed by atoms with Crippen molar-refractivity contribution in [2.24, 2.45) is 5.92 Å². The van der Waals surface area contributed by atoms with Crippen LogP contribution in [0.15, 0.2) is 54.6 Å². The second-order valence-electron chi connectivity index (χ2n) is 7.43. The van der Waals surface area contributed by atoms with Gasteiger partial charge < -0.3 is 9.64 Å². The summed E-state index contributed by atoms with van der Waals surface area (Å²) in [6, 6.07) is 19.0. The SMILES string of the molecule is CN(CCCC(C#N)(c1ccccc1)C1CC1)CCOc1ccc(F)cc1. The first-order chi connectivity index (χ1) is 13.1. The lowest BCUT2D eigenvalue weighted by Crippen LogP contribution is -2.30. The lowest BCUT2D eigenvalue weighted by atomic mass is 9.74. The Labute approximate surface area is 161 Å². The Morgan fingerprint density at radius 1 is 1.11 bits per heavy atom. The maximum atomic E-state index is 12.9. The van der Waals surface area contributed by atoms with Crippen LogP contribution in [0.2, 0.25) is 0 Å². The number of hydrogen-bond donors (Lipinski definition) is 0. The molecule has 0 spiro atoms. The quantitative estimate of drug-likeness (QED) is 0.607. The Morgan fingerprint density at radius 3 is 2.44 bits per heavy atom. The van der Waals surface area contributed by atoms with E-state index in [1.54, 1.807) is 12.1 Å². The van der Waals surface area contributed by atoms with Crippen LogP contribution in [0.5, 0.6) is 5.75 Å². The number of nitrogens with zero attached hydrogens (tertiary/aromatic N) is 2. The van der Waals surface area contributed by atoms with Crippen molar-refractivity contribution in [1.29, 1.82) is 5.26 Å². The third-order valence-corrected chi connectivity index (χ3v) is 5.43. The van der Waals surface area contributed by atoms with Crippen molar-refractivity contribution in [2.75, 3.05) is 26.7 Å². The largest absolute Gasteiger partial charge is 0.492 e. The molecule has 4 heteroatoms. The van der Waals surface area contributed by atoms with Gasteiger partial charge in [-0.3, -0.25) is 0 Å². The molecule has 2 aromatic rings. The Hall–Kier alpha value is -2.38. The standard InChI is InChI=1S/C23H27FN2O/c1-26(16-17-27-22-12-10-21(24)11-13-22)15-5-14-23(18-25,20-8-9-20)19-6-3-2-4-7-19/h2-4,6-7,10-13,20H,5,8-9,14-17H2,1H3. The number of halogens is 1. The minimum Gasteiger partial charge on any atom is -0.492 e. The molecule has 0 saturated heterocycles. The molecule has 1 saturated carbocycles. The van der Waals surface area contributed by atoms with Crippen LogP contribution in [0.4, 0.5) is 4.39 Å². The highest BCUT2D eigenvalue weighted by atomic mass is 19.1. The topological polar surface area (TPSA) is 36.3 Å². The second-order valence-corrected chi connectivity index (χ2v) is 7.43. The van der Waals surface area contributed by atoms with E-state index in [1.807, 2.05) is 18.2 Å². The van der Waals surface area contributed by atoms with Gasteiger partial charge in [0.2, 0.25) is 0 Å². The van der Waals surface area contributed by atoms with Gasteiger partial charge >= 0.3 is 0 Å². The van der Waals surface area contributed by atoms with E-state index in [2.05, 4.69) is 30.1 Å². The maximum Gasteiger partial charge on any atom is 0.123 e. The van der Waals surface area contributed by atoms with E-state index in [-0.39, 0.29) is 11.2 Å². The van der Waals surface area contributed by atoms with Crippen molar-refractivity contribution in [3.05, 3.63) is 66.0 Å². The van der Waals surface area contributed by atoms with Crippen molar-refractivity contribution >= 4 is 0 Å². The lowest BCUT2D eigenvalue weighted by Gasteiger charge is -2.28. The molecule has 0 bridgehead atoms. The summed E-state index contributed by atoms with van der Waals surface area (Å²) in [4.78, 5) is 2.23. The summed E-state index contributed by atoms with van der Waals surface area (Å²) in [7, 11) is 2.07. The third-order valence-electron chi connectivity index (χ3n) is 5.43. The normalized spacial score (nSPS) is 15.9. The minimum absolute atomic E-state index is 0.255. The number of likely N-dealkylation sites (N-methyl/N-ethyl adjacent to an activating group) is 1. The first-order valence-corrected chi connectivity index (χ1v) is 9.68. The molecule has 0 aliphatic heterocycles. The third kappa shape index (κ3) is 5.08. The monoisotopic (exact) mass is 366 g/mol. The molecule has 142 valence electrons. The summed E-state index contributed by atoms with van der Waals surface area (Å²) in [6.45, 7) is 2.29. The van der Waals surface area contributed by atoms with Crippen molar-refractivity contribution in [3.63, 3.8) is 0 Å². The van der Waals surface area contributed by atoms with Gasteiger partial charge in [0, 0.05) is 6.54 Å². The van der Waals surface area contributed by atoms with E-state index in [0.29, 0.717) is 18.3 Å². The number of rotatable bonds is 10. The molecule has 0 heterocycles. The van der Waals surface area contributed by atoms with Crippen LogP contribution in [-0.4, -0.2) is 31.6 Å². The molecule has 0 N–H and O–H groups in total. The fourth-order valence-electron chi connectivity index (χ4n) is 3.70. The Balaban J connectivity index is 1.46. The van der Waals surface area contributed by atoms with E-state index in [4.69, 9.17) is 4.74 Å². The van der Waals surface area contributed by atoms with Gasteiger partial charge in [-0.15, -0.1) is 0 Å². The minimum atomic E-state index is -0.341. The highest BCUT2D eigenvalue weighted by molar-refractivity contribution is 5.35. The van der Waals surface area contributed by atoms with Crippen LogP contribution >= 0.6 is 0 Å². The Bertz CT molecular complexity index is 752. The highest BCUT2D eigenvalue weighted by Crippen LogP contribution is 2.49. The zero-order chi connectivity index (χ0) is 19.1. The molecule has 0 amide bonds. The molecule has 27 heavy (non-hydrogen) atoms. The van der Waals surface area contributed by atoms with Crippen LogP contribution in [0.3, 0.4) is 0 Å². The molecule has 3 nitrogen and oxygen atoms in total. The summed E-state index contributed by atoms with van der Waals surface area (Å²) in [5.41, 5.74) is 0.824. The van der Waals surface area contributed by atoms with Gasteiger partial charge in [-0.05, 0) is 75.0 Å². The maximum absolute atomic E-state index is 12.9. The fourth-order valence-corrected chi connectivity index (χ4v) is 3.70. The summed E-state index contributed by atoms with van der Waals surface area (Å²) in [5.74, 6) is 0.928. The summed E-state index contributed by atoms with van der Waals surface area (Å²) in [6.07, 6.45) is 4.18. The van der Waals surface area contributed by atoms with Gasteiger partial charge in [0.15, 0.2) is 0 Å². The smallest absolute Gasteiger partial charge is 0.123 e. The van der Waals surface area contributed by atoms with Crippen LogP contribution in [0, 0.1) is 23.1 Å². The number of hydrogen-bond acceptors (Lipinski definition) is 3. The number of benzene rings is 2. The van der Waals surface area contributed by atoms with Crippen molar-refractivity contribution in [3.8, 4) is 11.8 Å². The predicted octanol–water partition coefficient (Wildman–Crippen LogP) is 4.79. The molecule has 1 aliphatic rings. The average molecular weight is 366 g/mol. The van der Waals surface area contributed by atoms with E-state index in [0.717, 1.165) is 44.3 Å². The fraction of sp³-hybridized carbons (Fsp3) is 0.435. The Morgan fingerprint density at radius 2 is 1.81 bits per heavy atom. The molecule has 1 atom stereocenters. The molecule has 3 rings (SSSR count). The van der Waals surface area contributed by atoms with Crippen molar-refractivity contribution < 1.29 is 9.13 Å². The average Bonchev–Trinajstić information content (AvgIpc) is 3.53. The molecule has 1 unspecified atom stereocenters.